The fraction of sp³-hybridized carbons (Fsp3) is 0.500. The molecule has 0 N–H and O–H groups in total. The Labute approximate surface area is 97.4 Å². The lowest BCUT2D eigenvalue weighted by Gasteiger charge is -2.13. The van der Waals surface area contributed by atoms with E-state index in [1.54, 1.807) is 21.0 Å². The standard InChI is InChI=1S/C10H13F2N3O2/c1-4-17-9(16)6-5-13-10(15(2)3)14-7(6)8(11)12/h5,8H,4H2,1-3H3. The zero-order chi connectivity index (χ0) is 13.0. The van der Waals surface area contributed by atoms with Crippen molar-refractivity contribution in [1.82, 2.24) is 9.97 Å². The molecular weight excluding hydrogens is 232 g/mol. The van der Waals surface area contributed by atoms with Crippen LogP contribution in [-0.2, 0) is 4.74 Å². The molecule has 1 aromatic heterocycles. The Kier molecular flexibility index (Phi) is 4.30. The van der Waals surface area contributed by atoms with Gasteiger partial charge in [-0.05, 0) is 6.92 Å². The Bertz CT molecular complexity index is 411. The van der Waals surface area contributed by atoms with Crippen LogP contribution in [0.25, 0.3) is 0 Å². The highest BCUT2D eigenvalue weighted by Gasteiger charge is 2.22. The lowest BCUT2D eigenvalue weighted by molar-refractivity contribution is 0.0513. The zero-order valence-corrected chi connectivity index (χ0v) is 9.78. The summed E-state index contributed by atoms with van der Waals surface area (Å²) in [6.45, 7) is 1.70. The van der Waals surface area contributed by atoms with Crippen molar-refractivity contribution in [2.24, 2.45) is 0 Å². The maximum absolute atomic E-state index is 12.8. The number of hydrogen-bond donors (Lipinski definition) is 0. The van der Waals surface area contributed by atoms with Crippen molar-refractivity contribution in [3.05, 3.63) is 17.5 Å². The highest BCUT2D eigenvalue weighted by Crippen LogP contribution is 2.22. The van der Waals surface area contributed by atoms with E-state index < -0.39 is 18.1 Å². The second kappa shape index (κ2) is 5.51. The Morgan fingerprint density at radius 1 is 1.53 bits per heavy atom. The molecule has 0 aliphatic carbocycles. The number of rotatable bonds is 4. The third kappa shape index (κ3) is 3.08. The first-order chi connectivity index (χ1) is 7.97. The number of anilines is 1. The largest absolute Gasteiger partial charge is 0.462 e. The third-order valence-electron chi connectivity index (χ3n) is 1.91. The normalized spacial score (nSPS) is 10.5. The van der Waals surface area contributed by atoms with Gasteiger partial charge in [-0.25, -0.2) is 23.5 Å². The zero-order valence-electron chi connectivity index (χ0n) is 9.78. The number of ether oxygens (including phenoxy) is 1. The molecule has 1 rings (SSSR count). The molecule has 94 valence electrons. The van der Waals surface area contributed by atoms with Gasteiger partial charge in [-0.2, -0.15) is 0 Å². The molecule has 0 atom stereocenters. The minimum absolute atomic E-state index is 0.108. The van der Waals surface area contributed by atoms with Crippen LogP contribution < -0.4 is 4.90 Å². The van der Waals surface area contributed by atoms with Crippen molar-refractivity contribution in [1.29, 1.82) is 0 Å². The van der Waals surface area contributed by atoms with Gasteiger partial charge in [0.25, 0.3) is 6.43 Å². The van der Waals surface area contributed by atoms with Crippen molar-refractivity contribution in [2.75, 3.05) is 25.6 Å². The molecule has 1 aromatic rings. The topological polar surface area (TPSA) is 55.3 Å². The van der Waals surface area contributed by atoms with Gasteiger partial charge in [-0.15, -0.1) is 0 Å². The number of nitrogens with zero attached hydrogens (tertiary/aromatic N) is 3. The summed E-state index contributed by atoms with van der Waals surface area (Å²) < 4.78 is 30.2. The molecule has 7 heteroatoms. The minimum Gasteiger partial charge on any atom is -0.462 e. The van der Waals surface area contributed by atoms with Crippen LogP contribution in [-0.4, -0.2) is 36.6 Å². The van der Waals surface area contributed by atoms with E-state index in [2.05, 4.69) is 14.7 Å². The lowest BCUT2D eigenvalue weighted by Crippen LogP contribution is -2.17. The van der Waals surface area contributed by atoms with Crippen LogP contribution in [0.5, 0.6) is 0 Å². The second-order valence-corrected chi connectivity index (χ2v) is 3.38. The van der Waals surface area contributed by atoms with E-state index in [-0.39, 0.29) is 18.1 Å². The maximum atomic E-state index is 12.8. The van der Waals surface area contributed by atoms with Gasteiger partial charge < -0.3 is 9.64 Å². The average molecular weight is 245 g/mol. The van der Waals surface area contributed by atoms with Gasteiger partial charge in [-0.3, -0.25) is 0 Å². The Balaban J connectivity index is 3.17. The first-order valence-electron chi connectivity index (χ1n) is 4.96. The van der Waals surface area contributed by atoms with Gasteiger partial charge in [0.05, 0.1) is 6.61 Å². The van der Waals surface area contributed by atoms with Crippen LogP contribution in [0.2, 0.25) is 0 Å². The summed E-state index contributed by atoms with van der Waals surface area (Å²) in [5, 5.41) is 0. The van der Waals surface area contributed by atoms with Crippen LogP contribution in [0.4, 0.5) is 14.7 Å². The number of esters is 1. The van der Waals surface area contributed by atoms with Crippen LogP contribution in [0, 0.1) is 0 Å². The molecule has 0 aliphatic rings. The van der Waals surface area contributed by atoms with Gasteiger partial charge in [0, 0.05) is 20.3 Å². The first-order valence-corrected chi connectivity index (χ1v) is 4.96. The number of hydrogen-bond acceptors (Lipinski definition) is 5. The summed E-state index contributed by atoms with van der Waals surface area (Å²) in [6.07, 6.45) is -1.79. The molecule has 0 saturated carbocycles. The van der Waals surface area contributed by atoms with E-state index in [4.69, 9.17) is 0 Å². The third-order valence-corrected chi connectivity index (χ3v) is 1.91. The summed E-state index contributed by atoms with van der Waals surface area (Å²) in [7, 11) is 3.24. The van der Waals surface area contributed by atoms with Gasteiger partial charge in [0.1, 0.15) is 11.3 Å². The van der Waals surface area contributed by atoms with Crippen LogP contribution in [0.1, 0.15) is 29.4 Å². The molecule has 0 fully saturated rings. The predicted molar refractivity (Wildman–Crippen MR) is 57.3 cm³/mol. The summed E-state index contributed by atoms with van der Waals surface area (Å²) in [4.78, 5) is 20.3. The smallest absolute Gasteiger partial charge is 0.341 e. The van der Waals surface area contributed by atoms with Crippen LogP contribution in [0.15, 0.2) is 6.20 Å². The van der Waals surface area contributed by atoms with Crippen molar-refractivity contribution in [2.45, 2.75) is 13.3 Å². The molecule has 5 nitrogen and oxygen atoms in total. The highest BCUT2D eigenvalue weighted by molar-refractivity contribution is 5.90. The van der Waals surface area contributed by atoms with Crippen molar-refractivity contribution in [3.8, 4) is 0 Å². The van der Waals surface area contributed by atoms with Crippen molar-refractivity contribution >= 4 is 11.9 Å². The quantitative estimate of drug-likeness (QED) is 0.755. The van der Waals surface area contributed by atoms with Crippen LogP contribution >= 0.6 is 0 Å². The van der Waals surface area contributed by atoms with E-state index in [1.807, 2.05) is 0 Å². The fourth-order valence-corrected chi connectivity index (χ4v) is 1.13. The van der Waals surface area contributed by atoms with E-state index in [0.717, 1.165) is 6.20 Å². The summed E-state index contributed by atoms with van der Waals surface area (Å²) in [5.41, 5.74) is -0.908. The highest BCUT2D eigenvalue weighted by atomic mass is 19.3. The number of carbonyl (C=O) groups is 1. The molecular formula is C10H13F2N3O2. The van der Waals surface area contributed by atoms with Gasteiger partial charge >= 0.3 is 5.97 Å². The molecule has 0 aromatic carbocycles. The SMILES string of the molecule is CCOC(=O)c1cnc(N(C)C)nc1C(F)F. The van der Waals surface area contributed by atoms with E-state index in [1.165, 1.54) is 4.90 Å². The number of halogens is 2. The number of carbonyl (C=O) groups excluding carboxylic acids is 1. The Morgan fingerprint density at radius 3 is 2.65 bits per heavy atom. The minimum atomic E-state index is -2.85. The molecule has 0 unspecified atom stereocenters. The monoisotopic (exact) mass is 245 g/mol. The van der Waals surface area contributed by atoms with Crippen molar-refractivity contribution in [3.63, 3.8) is 0 Å². The van der Waals surface area contributed by atoms with E-state index in [9.17, 15) is 13.6 Å². The van der Waals surface area contributed by atoms with E-state index >= 15 is 0 Å². The van der Waals surface area contributed by atoms with Gasteiger partial charge in [0.15, 0.2) is 0 Å². The number of alkyl halides is 2. The summed E-state index contributed by atoms with van der Waals surface area (Å²) >= 11 is 0. The summed E-state index contributed by atoms with van der Waals surface area (Å²) in [6, 6.07) is 0. The Morgan fingerprint density at radius 2 is 2.18 bits per heavy atom. The second-order valence-electron chi connectivity index (χ2n) is 3.38. The van der Waals surface area contributed by atoms with E-state index in [0.29, 0.717) is 0 Å². The first kappa shape index (κ1) is 13.3. The summed E-state index contributed by atoms with van der Waals surface area (Å²) in [5.74, 6) is -0.721. The molecule has 17 heavy (non-hydrogen) atoms. The molecule has 0 saturated heterocycles. The van der Waals surface area contributed by atoms with Gasteiger partial charge in [-0.1, -0.05) is 0 Å². The molecule has 0 amide bonds. The fourth-order valence-electron chi connectivity index (χ4n) is 1.13. The molecule has 0 spiro atoms. The van der Waals surface area contributed by atoms with Gasteiger partial charge in [0.2, 0.25) is 5.95 Å². The maximum Gasteiger partial charge on any atom is 0.341 e. The van der Waals surface area contributed by atoms with Crippen LogP contribution in [0.3, 0.4) is 0 Å². The molecule has 0 bridgehead atoms. The molecule has 1 heterocycles. The predicted octanol–water partition coefficient (Wildman–Crippen LogP) is 1.66. The average Bonchev–Trinajstić information content (AvgIpc) is 2.28. The molecule has 0 radical (unpaired) electrons. The molecule has 0 aliphatic heterocycles. The number of aromatic nitrogens is 2. The lowest BCUT2D eigenvalue weighted by atomic mass is 10.2. The Hall–Kier alpha value is -1.79. The van der Waals surface area contributed by atoms with Crippen molar-refractivity contribution < 1.29 is 18.3 Å².